The number of hydrogen-bond acceptors (Lipinski definition) is 3. The molecule has 2 aromatic rings. The number of carbonyl (C=O) groups excluding carboxylic acids is 1. The molecule has 2 rings (SSSR count). The first-order valence-corrected chi connectivity index (χ1v) is 6.08. The van der Waals surface area contributed by atoms with Crippen molar-refractivity contribution in [1.82, 2.24) is 9.38 Å². The quantitative estimate of drug-likeness (QED) is 0.765. The maximum Gasteiger partial charge on any atom is 0.356 e. The average molecular weight is 246 g/mol. The minimum atomic E-state index is -0.337. The van der Waals surface area contributed by atoms with E-state index in [1.54, 1.807) is 17.5 Å². The normalized spacial score (nSPS) is 11.8. The van der Waals surface area contributed by atoms with E-state index in [-0.39, 0.29) is 11.4 Å². The SMILES string of the molecule is CCOC(=O)c1cnc2ccc(C(C)(C)C)cn12. The van der Waals surface area contributed by atoms with Crippen molar-refractivity contribution in [3.63, 3.8) is 0 Å². The number of esters is 1. The van der Waals surface area contributed by atoms with Crippen LogP contribution in [0.4, 0.5) is 0 Å². The molecule has 2 aromatic heterocycles. The Morgan fingerprint density at radius 2 is 2.11 bits per heavy atom. The molecular formula is C14H18N2O2. The van der Waals surface area contributed by atoms with Gasteiger partial charge in [-0.15, -0.1) is 0 Å². The van der Waals surface area contributed by atoms with E-state index in [0.29, 0.717) is 12.3 Å². The Kier molecular flexibility index (Phi) is 3.11. The van der Waals surface area contributed by atoms with Crippen molar-refractivity contribution in [2.45, 2.75) is 33.1 Å². The fourth-order valence-corrected chi connectivity index (χ4v) is 1.78. The van der Waals surface area contributed by atoms with Gasteiger partial charge in [-0.05, 0) is 24.0 Å². The highest BCUT2D eigenvalue weighted by Gasteiger charge is 2.17. The molecule has 2 heterocycles. The van der Waals surface area contributed by atoms with E-state index >= 15 is 0 Å². The summed E-state index contributed by atoms with van der Waals surface area (Å²) in [5, 5.41) is 0. The maximum atomic E-state index is 11.8. The van der Waals surface area contributed by atoms with Gasteiger partial charge in [0.15, 0.2) is 5.69 Å². The van der Waals surface area contributed by atoms with E-state index in [2.05, 4.69) is 25.8 Å². The van der Waals surface area contributed by atoms with Crippen LogP contribution in [0.25, 0.3) is 5.65 Å². The summed E-state index contributed by atoms with van der Waals surface area (Å²) in [6.45, 7) is 8.56. The number of aromatic nitrogens is 2. The highest BCUT2D eigenvalue weighted by Crippen LogP contribution is 2.23. The van der Waals surface area contributed by atoms with Gasteiger partial charge < -0.3 is 4.74 Å². The Hall–Kier alpha value is -1.84. The van der Waals surface area contributed by atoms with Crippen LogP contribution in [-0.4, -0.2) is 22.0 Å². The molecule has 0 amide bonds. The zero-order valence-electron chi connectivity index (χ0n) is 11.2. The molecule has 96 valence electrons. The summed E-state index contributed by atoms with van der Waals surface area (Å²) in [4.78, 5) is 16.0. The molecule has 0 saturated carbocycles. The molecular weight excluding hydrogens is 228 g/mol. The van der Waals surface area contributed by atoms with Crippen LogP contribution >= 0.6 is 0 Å². The number of nitrogens with zero attached hydrogens (tertiary/aromatic N) is 2. The summed E-state index contributed by atoms with van der Waals surface area (Å²) in [5.41, 5.74) is 2.41. The van der Waals surface area contributed by atoms with Crippen molar-refractivity contribution < 1.29 is 9.53 Å². The third-order valence-electron chi connectivity index (χ3n) is 2.86. The van der Waals surface area contributed by atoms with Gasteiger partial charge in [-0.3, -0.25) is 4.40 Å². The topological polar surface area (TPSA) is 43.6 Å². The second-order valence-electron chi connectivity index (χ2n) is 5.26. The lowest BCUT2D eigenvalue weighted by molar-refractivity contribution is 0.0518. The predicted octanol–water partition coefficient (Wildman–Crippen LogP) is 2.81. The number of hydrogen-bond donors (Lipinski definition) is 0. The zero-order chi connectivity index (χ0) is 13.3. The van der Waals surface area contributed by atoms with Gasteiger partial charge in [-0.2, -0.15) is 0 Å². The molecule has 4 heteroatoms. The first kappa shape index (κ1) is 12.6. The molecule has 0 aliphatic carbocycles. The summed E-state index contributed by atoms with van der Waals surface area (Å²) in [6.07, 6.45) is 3.51. The lowest BCUT2D eigenvalue weighted by Crippen LogP contribution is -2.13. The molecule has 0 spiro atoms. The maximum absolute atomic E-state index is 11.8. The molecule has 0 N–H and O–H groups in total. The number of rotatable bonds is 2. The molecule has 0 atom stereocenters. The lowest BCUT2D eigenvalue weighted by atomic mass is 9.88. The third kappa shape index (κ3) is 2.23. The van der Waals surface area contributed by atoms with Gasteiger partial charge in [0.1, 0.15) is 5.65 Å². The largest absolute Gasteiger partial charge is 0.461 e. The van der Waals surface area contributed by atoms with Gasteiger partial charge in [0.05, 0.1) is 12.8 Å². The molecule has 0 radical (unpaired) electrons. The summed E-state index contributed by atoms with van der Waals surface area (Å²) in [5.74, 6) is -0.337. The monoisotopic (exact) mass is 246 g/mol. The molecule has 18 heavy (non-hydrogen) atoms. The van der Waals surface area contributed by atoms with Crippen LogP contribution in [0.15, 0.2) is 24.5 Å². The van der Waals surface area contributed by atoms with Crippen molar-refractivity contribution in [2.24, 2.45) is 0 Å². The van der Waals surface area contributed by atoms with Crippen molar-refractivity contribution in [2.75, 3.05) is 6.61 Å². The molecule has 0 aliphatic rings. The minimum Gasteiger partial charge on any atom is -0.461 e. The first-order chi connectivity index (χ1) is 8.43. The number of fused-ring (bicyclic) bond motifs is 1. The molecule has 0 unspecified atom stereocenters. The van der Waals surface area contributed by atoms with Gasteiger partial charge in [0.2, 0.25) is 0 Å². The molecule has 0 fully saturated rings. The smallest absolute Gasteiger partial charge is 0.356 e. The van der Waals surface area contributed by atoms with Crippen LogP contribution in [-0.2, 0) is 10.2 Å². The van der Waals surface area contributed by atoms with Crippen LogP contribution in [0.1, 0.15) is 43.7 Å². The van der Waals surface area contributed by atoms with Crippen LogP contribution < -0.4 is 0 Å². The van der Waals surface area contributed by atoms with E-state index in [4.69, 9.17) is 4.74 Å². The average Bonchev–Trinajstić information content (AvgIpc) is 2.70. The summed E-state index contributed by atoms with van der Waals surface area (Å²) >= 11 is 0. The summed E-state index contributed by atoms with van der Waals surface area (Å²) in [6, 6.07) is 3.96. The van der Waals surface area contributed by atoms with Crippen molar-refractivity contribution in [3.05, 3.63) is 35.8 Å². The summed E-state index contributed by atoms with van der Waals surface area (Å²) in [7, 11) is 0. The number of imidazole rings is 1. The van der Waals surface area contributed by atoms with Gasteiger partial charge in [0.25, 0.3) is 0 Å². The highest BCUT2D eigenvalue weighted by atomic mass is 16.5. The van der Waals surface area contributed by atoms with Gasteiger partial charge in [-0.25, -0.2) is 9.78 Å². The standard InChI is InChI=1S/C14H18N2O2/c1-5-18-13(17)11-8-15-12-7-6-10(9-16(11)12)14(2,3)4/h6-9H,5H2,1-4H3. The van der Waals surface area contributed by atoms with E-state index < -0.39 is 0 Å². The Bertz CT molecular complexity index is 579. The van der Waals surface area contributed by atoms with Crippen molar-refractivity contribution in [3.8, 4) is 0 Å². The minimum absolute atomic E-state index is 0.0321. The summed E-state index contributed by atoms with van der Waals surface area (Å²) < 4.78 is 6.81. The van der Waals surface area contributed by atoms with Crippen molar-refractivity contribution in [1.29, 1.82) is 0 Å². The Balaban J connectivity index is 2.53. The van der Waals surface area contributed by atoms with Gasteiger partial charge in [-0.1, -0.05) is 26.8 Å². The van der Waals surface area contributed by atoms with Crippen LogP contribution in [0.3, 0.4) is 0 Å². The molecule has 0 aliphatic heterocycles. The molecule has 0 bridgehead atoms. The number of carbonyl (C=O) groups is 1. The van der Waals surface area contributed by atoms with E-state index in [9.17, 15) is 4.79 Å². The first-order valence-electron chi connectivity index (χ1n) is 6.08. The van der Waals surface area contributed by atoms with Crippen molar-refractivity contribution >= 4 is 11.6 Å². The van der Waals surface area contributed by atoms with E-state index in [0.717, 1.165) is 11.2 Å². The Morgan fingerprint density at radius 3 is 2.72 bits per heavy atom. The Labute approximate surface area is 107 Å². The fourth-order valence-electron chi connectivity index (χ4n) is 1.78. The van der Waals surface area contributed by atoms with Gasteiger partial charge >= 0.3 is 5.97 Å². The zero-order valence-corrected chi connectivity index (χ0v) is 11.2. The van der Waals surface area contributed by atoms with Crippen LogP contribution in [0, 0.1) is 0 Å². The van der Waals surface area contributed by atoms with E-state index in [1.807, 2.05) is 18.3 Å². The van der Waals surface area contributed by atoms with Gasteiger partial charge in [0, 0.05) is 6.20 Å². The highest BCUT2D eigenvalue weighted by molar-refractivity contribution is 5.88. The van der Waals surface area contributed by atoms with E-state index in [1.165, 1.54) is 0 Å². The number of pyridine rings is 1. The third-order valence-corrected chi connectivity index (χ3v) is 2.86. The Morgan fingerprint density at radius 1 is 1.39 bits per heavy atom. The fraction of sp³-hybridized carbons (Fsp3) is 0.429. The number of ether oxygens (including phenoxy) is 1. The van der Waals surface area contributed by atoms with Crippen LogP contribution in [0.2, 0.25) is 0 Å². The molecule has 4 nitrogen and oxygen atoms in total. The lowest BCUT2D eigenvalue weighted by Gasteiger charge is -2.19. The second-order valence-corrected chi connectivity index (χ2v) is 5.26. The molecule has 0 aromatic carbocycles. The molecule has 0 saturated heterocycles. The van der Waals surface area contributed by atoms with Crippen LogP contribution in [0.5, 0.6) is 0 Å². The predicted molar refractivity (Wildman–Crippen MR) is 69.8 cm³/mol. The second kappa shape index (κ2) is 4.44.